The first-order chi connectivity index (χ1) is 5.90. The molecule has 2 heterocycles. The lowest BCUT2D eigenvalue weighted by molar-refractivity contribution is 1.01. The summed E-state index contributed by atoms with van der Waals surface area (Å²) in [5.41, 5.74) is 0.908. The molecule has 0 aliphatic heterocycles. The molecule has 0 amide bonds. The van der Waals surface area contributed by atoms with Gasteiger partial charge in [0.2, 0.25) is 0 Å². The average Bonchev–Trinajstić information content (AvgIpc) is 2.75. The number of thiazole rings is 1. The molecule has 0 aromatic carbocycles. The summed E-state index contributed by atoms with van der Waals surface area (Å²) < 4.78 is 1.86. The maximum atomic E-state index is 5.62. The Hall–Kier alpha value is -0.870. The van der Waals surface area contributed by atoms with Gasteiger partial charge in [0.15, 0.2) is 5.13 Å². The predicted molar refractivity (Wildman–Crippen MR) is 48.8 cm³/mol. The van der Waals surface area contributed by atoms with Crippen LogP contribution < -0.4 is 0 Å². The molecule has 0 saturated carbocycles. The fraction of sp³-hybridized carbons (Fsp3) is 0.143. The monoisotopic (exact) mass is 199 g/mol. The van der Waals surface area contributed by atoms with Crippen LogP contribution in [-0.2, 0) is 5.88 Å². The number of imidazole rings is 1. The first-order valence-corrected chi connectivity index (χ1v) is 4.80. The van der Waals surface area contributed by atoms with Crippen LogP contribution in [0, 0.1) is 0 Å². The van der Waals surface area contributed by atoms with E-state index in [9.17, 15) is 0 Å². The number of hydrogen-bond acceptors (Lipinski definition) is 3. The van der Waals surface area contributed by atoms with Crippen LogP contribution in [0.25, 0.3) is 5.13 Å². The third-order valence-electron chi connectivity index (χ3n) is 1.40. The molecule has 0 aliphatic rings. The van der Waals surface area contributed by atoms with Gasteiger partial charge in [-0.05, 0) is 0 Å². The number of rotatable bonds is 2. The third kappa shape index (κ3) is 1.35. The van der Waals surface area contributed by atoms with Crippen molar-refractivity contribution in [3.8, 4) is 5.13 Å². The molecule has 0 aliphatic carbocycles. The zero-order valence-corrected chi connectivity index (χ0v) is 7.72. The Morgan fingerprint density at radius 3 is 3.08 bits per heavy atom. The molecule has 2 rings (SSSR count). The van der Waals surface area contributed by atoms with E-state index in [1.54, 1.807) is 23.9 Å². The van der Waals surface area contributed by atoms with Crippen molar-refractivity contribution in [2.75, 3.05) is 0 Å². The first kappa shape index (κ1) is 7.76. The number of hydrogen-bond donors (Lipinski definition) is 0. The van der Waals surface area contributed by atoms with Crippen molar-refractivity contribution in [3.63, 3.8) is 0 Å². The molecule has 2 aromatic rings. The van der Waals surface area contributed by atoms with Crippen molar-refractivity contribution in [1.29, 1.82) is 0 Å². The molecular weight excluding hydrogens is 194 g/mol. The second-order valence-electron chi connectivity index (χ2n) is 2.23. The number of alkyl halides is 1. The van der Waals surface area contributed by atoms with Gasteiger partial charge in [-0.25, -0.2) is 9.97 Å². The Bertz CT molecular complexity index is 354. The van der Waals surface area contributed by atoms with E-state index < -0.39 is 0 Å². The van der Waals surface area contributed by atoms with Crippen LogP contribution in [0.2, 0.25) is 0 Å². The highest BCUT2D eigenvalue weighted by molar-refractivity contribution is 7.12. The Kier molecular flexibility index (Phi) is 2.10. The van der Waals surface area contributed by atoms with E-state index in [1.165, 1.54) is 0 Å². The highest BCUT2D eigenvalue weighted by Crippen LogP contribution is 2.15. The molecule has 2 aromatic heterocycles. The van der Waals surface area contributed by atoms with Crippen LogP contribution in [0.3, 0.4) is 0 Å². The molecular formula is C7H6ClN3S. The summed E-state index contributed by atoms with van der Waals surface area (Å²) in [7, 11) is 0. The van der Waals surface area contributed by atoms with Gasteiger partial charge in [-0.3, -0.25) is 4.57 Å². The topological polar surface area (TPSA) is 30.7 Å². The van der Waals surface area contributed by atoms with Crippen molar-refractivity contribution in [2.45, 2.75) is 5.88 Å². The fourth-order valence-electron chi connectivity index (χ4n) is 0.849. The fourth-order valence-corrected chi connectivity index (χ4v) is 1.85. The SMILES string of the molecule is ClCc1csc(-n2ccnc2)n1. The molecule has 62 valence electrons. The van der Waals surface area contributed by atoms with Gasteiger partial charge >= 0.3 is 0 Å². The smallest absolute Gasteiger partial charge is 0.195 e. The van der Waals surface area contributed by atoms with Crippen molar-refractivity contribution >= 4 is 22.9 Å². The van der Waals surface area contributed by atoms with E-state index in [-0.39, 0.29) is 0 Å². The van der Waals surface area contributed by atoms with Gasteiger partial charge in [-0.1, -0.05) is 0 Å². The molecule has 0 unspecified atom stereocenters. The Morgan fingerprint density at radius 1 is 1.58 bits per heavy atom. The summed E-state index contributed by atoms with van der Waals surface area (Å²) in [4.78, 5) is 8.21. The molecule has 0 fully saturated rings. The summed E-state index contributed by atoms with van der Waals surface area (Å²) in [6.07, 6.45) is 5.30. The van der Waals surface area contributed by atoms with Crippen molar-refractivity contribution in [3.05, 3.63) is 29.8 Å². The Balaban J connectivity index is 2.35. The summed E-state index contributed by atoms with van der Waals surface area (Å²) in [5.74, 6) is 0.463. The molecule has 12 heavy (non-hydrogen) atoms. The lowest BCUT2D eigenvalue weighted by Gasteiger charge is -1.91. The van der Waals surface area contributed by atoms with Gasteiger partial charge in [0, 0.05) is 17.8 Å². The van der Waals surface area contributed by atoms with E-state index in [0.29, 0.717) is 5.88 Å². The first-order valence-electron chi connectivity index (χ1n) is 3.39. The Morgan fingerprint density at radius 2 is 2.50 bits per heavy atom. The maximum Gasteiger partial charge on any atom is 0.195 e. The largest absolute Gasteiger partial charge is 0.282 e. The lowest BCUT2D eigenvalue weighted by Crippen LogP contribution is -1.88. The summed E-state index contributed by atoms with van der Waals surface area (Å²) >= 11 is 7.18. The minimum atomic E-state index is 0.463. The molecule has 3 nitrogen and oxygen atoms in total. The quantitative estimate of drug-likeness (QED) is 0.694. The van der Waals surface area contributed by atoms with Gasteiger partial charge in [0.25, 0.3) is 0 Å². The van der Waals surface area contributed by atoms with E-state index in [0.717, 1.165) is 10.8 Å². The van der Waals surface area contributed by atoms with Crippen LogP contribution in [-0.4, -0.2) is 14.5 Å². The van der Waals surface area contributed by atoms with Crippen LogP contribution in [0.4, 0.5) is 0 Å². The highest BCUT2D eigenvalue weighted by Gasteiger charge is 2.01. The second-order valence-corrected chi connectivity index (χ2v) is 3.33. The number of nitrogens with zero attached hydrogens (tertiary/aromatic N) is 3. The molecule has 0 N–H and O–H groups in total. The lowest BCUT2D eigenvalue weighted by atomic mass is 10.6. The molecule has 0 radical (unpaired) electrons. The summed E-state index contributed by atoms with van der Waals surface area (Å²) in [6, 6.07) is 0. The van der Waals surface area contributed by atoms with E-state index >= 15 is 0 Å². The van der Waals surface area contributed by atoms with Crippen molar-refractivity contribution < 1.29 is 0 Å². The molecule has 0 saturated heterocycles. The van der Waals surface area contributed by atoms with Crippen molar-refractivity contribution in [2.24, 2.45) is 0 Å². The van der Waals surface area contributed by atoms with Crippen LogP contribution in [0.15, 0.2) is 24.1 Å². The summed E-state index contributed by atoms with van der Waals surface area (Å²) in [5, 5.41) is 2.85. The van der Waals surface area contributed by atoms with Gasteiger partial charge in [0.05, 0.1) is 11.6 Å². The third-order valence-corrected chi connectivity index (χ3v) is 2.58. The van der Waals surface area contributed by atoms with Crippen LogP contribution in [0.5, 0.6) is 0 Å². The van der Waals surface area contributed by atoms with Gasteiger partial charge in [-0.15, -0.1) is 22.9 Å². The Labute approximate surface area is 78.7 Å². The number of aromatic nitrogens is 3. The second kappa shape index (κ2) is 3.25. The summed E-state index contributed by atoms with van der Waals surface area (Å²) in [6.45, 7) is 0. The van der Waals surface area contributed by atoms with E-state index in [4.69, 9.17) is 11.6 Å². The molecule has 0 spiro atoms. The standard InChI is InChI=1S/C7H6ClN3S/c8-3-6-4-12-7(10-6)11-2-1-9-5-11/h1-2,4-5H,3H2. The minimum absolute atomic E-state index is 0.463. The zero-order chi connectivity index (χ0) is 8.39. The zero-order valence-electron chi connectivity index (χ0n) is 6.14. The normalized spacial score (nSPS) is 10.4. The minimum Gasteiger partial charge on any atom is -0.282 e. The van der Waals surface area contributed by atoms with E-state index in [1.807, 2.05) is 16.1 Å². The van der Waals surface area contributed by atoms with Crippen LogP contribution >= 0.6 is 22.9 Å². The molecule has 5 heteroatoms. The van der Waals surface area contributed by atoms with Crippen LogP contribution in [0.1, 0.15) is 5.69 Å². The van der Waals surface area contributed by atoms with E-state index in [2.05, 4.69) is 9.97 Å². The average molecular weight is 200 g/mol. The van der Waals surface area contributed by atoms with Crippen molar-refractivity contribution in [1.82, 2.24) is 14.5 Å². The van der Waals surface area contributed by atoms with Gasteiger partial charge < -0.3 is 0 Å². The molecule has 0 bridgehead atoms. The van der Waals surface area contributed by atoms with Gasteiger partial charge in [-0.2, -0.15) is 0 Å². The highest BCUT2D eigenvalue weighted by atomic mass is 35.5. The van der Waals surface area contributed by atoms with Gasteiger partial charge in [0.1, 0.15) is 6.33 Å². The number of halogens is 1. The predicted octanol–water partition coefficient (Wildman–Crippen LogP) is 2.07. The molecule has 0 atom stereocenters. The maximum absolute atomic E-state index is 5.62.